The molecule has 0 radical (unpaired) electrons. The number of alkyl halides is 3. The van der Waals surface area contributed by atoms with E-state index >= 15 is 0 Å². The van der Waals surface area contributed by atoms with Crippen molar-refractivity contribution in [3.05, 3.63) is 41.2 Å². The van der Waals surface area contributed by atoms with E-state index in [0.29, 0.717) is 5.69 Å². The zero-order chi connectivity index (χ0) is 18.9. The van der Waals surface area contributed by atoms with Gasteiger partial charge in [0.1, 0.15) is 0 Å². The molecule has 140 valence electrons. The van der Waals surface area contributed by atoms with Crippen LogP contribution in [0.5, 0.6) is 0 Å². The summed E-state index contributed by atoms with van der Waals surface area (Å²) < 4.78 is 40.3. The van der Waals surface area contributed by atoms with Gasteiger partial charge in [0.05, 0.1) is 16.9 Å². The number of hydrogen-bond donors (Lipinski definition) is 1. The number of halogens is 3. The third kappa shape index (κ3) is 3.73. The first-order valence-corrected chi connectivity index (χ1v) is 8.71. The predicted octanol–water partition coefficient (Wildman–Crippen LogP) is 4.08. The van der Waals surface area contributed by atoms with E-state index in [2.05, 4.69) is 15.6 Å². The van der Waals surface area contributed by atoms with Gasteiger partial charge >= 0.3 is 6.18 Å². The number of carbonyl (C=O) groups excluding carboxylic acids is 1. The topological polar surface area (TPSA) is 59.8 Å². The first-order chi connectivity index (χ1) is 12.3. The van der Waals surface area contributed by atoms with E-state index in [4.69, 9.17) is 0 Å². The Morgan fingerprint density at radius 3 is 2.58 bits per heavy atom. The molecule has 1 heterocycles. The fourth-order valence-electron chi connectivity index (χ4n) is 3.30. The van der Waals surface area contributed by atoms with E-state index in [-0.39, 0.29) is 29.2 Å². The van der Waals surface area contributed by atoms with Crippen molar-refractivity contribution in [1.82, 2.24) is 20.3 Å². The van der Waals surface area contributed by atoms with E-state index in [1.54, 1.807) is 0 Å². The zero-order valence-electron chi connectivity index (χ0n) is 14.7. The molecule has 0 saturated heterocycles. The highest BCUT2D eigenvalue weighted by Gasteiger charge is 2.31. The van der Waals surface area contributed by atoms with Crippen molar-refractivity contribution in [2.45, 2.75) is 57.7 Å². The summed E-state index contributed by atoms with van der Waals surface area (Å²) >= 11 is 0. The van der Waals surface area contributed by atoms with E-state index in [9.17, 15) is 18.0 Å². The summed E-state index contributed by atoms with van der Waals surface area (Å²) in [6.45, 7) is 3.71. The van der Waals surface area contributed by atoms with Gasteiger partial charge in [0.25, 0.3) is 5.91 Å². The van der Waals surface area contributed by atoms with Crippen LogP contribution in [-0.2, 0) is 6.18 Å². The number of amides is 1. The lowest BCUT2D eigenvalue weighted by atomic mass is 10.1. The lowest BCUT2D eigenvalue weighted by Gasteiger charge is -2.14. The Labute approximate surface area is 149 Å². The summed E-state index contributed by atoms with van der Waals surface area (Å²) in [5, 5.41) is 10.9. The monoisotopic (exact) mass is 366 g/mol. The molecule has 1 aliphatic carbocycles. The molecule has 26 heavy (non-hydrogen) atoms. The Morgan fingerprint density at radius 2 is 1.96 bits per heavy atom. The molecule has 0 aliphatic heterocycles. The van der Waals surface area contributed by atoms with Crippen molar-refractivity contribution in [2.24, 2.45) is 0 Å². The van der Waals surface area contributed by atoms with Gasteiger partial charge in [0.15, 0.2) is 5.69 Å². The van der Waals surface area contributed by atoms with Gasteiger partial charge < -0.3 is 5.32 Å². The molecule has 0 spiro atoms. The van der Waals surface area contributed by atoms with Gasteiger partial charge in [-0.05, 0) is 37.0 Å². The predicted molar refractivity (Wildman–Crippen MR) is 90.2 cm³/mol. The van der Waals surface area contributed by atoms with Crippen LogP contribution >= 0.6 is 0 Å². The van der Waals surface area contributed by atoms with Crippen LogP contribution in [0.3, 0.4) is 0 Å². The molecule has 1 aromatic carbocycles. The quantitative estimate of drug-likeness (QED) is 0.887. The summed E-state index contributed by atoms with van der Waals surface area (Å²) in [6.07, 6.45) is -0.413. The number of benzene rings is 1. The van der Waals surface area contributed by atoms with Crippen molar-refractivity contribution in [2.75, 3.05) is 0 Å². The Hall–Kier alpha value is -2.38. The lowest BCUT2D eigenvalue weighted by Crippen LogP contribution is -2.33. The van der Waals surface area contributed by atoms with Crippen molar-refractivity contribution in [3.8, 4) is 5.69 Å². The van der Waals surface area contributed by atoms with Crippen LogP contribution < -0.4 is 5.32 Å². The van der Waals surface area contributed by atoms with Crippen LogP contribution in [0.15, 0.2) is 24.3 Å². The van der Waals surface area contributed by atoms with Crippen LogP contribution in [0.2, 0.25) is 0 Å². The molecule has 1 fully saturated rings. The summed E-state index contributed by atoms with van der Waals surface area (Å²) in [4.78, 5) is 12.6. The van der Waals surface area contributed by atoms with Gasteiger partial charge in [-0.25, -0.2) is 4.68 Å². The van der Waals surface area contributed by atoms with Crippen LogP contribution in [0.25, 0.3) is 5.69 Å². The molecule has 5 nitrogen and oxygen atoms in total. The number of hydrogen-bond acceptors (Lipinski definition) is 3. The fourth-order valence-corrected chi connectivity index (χ4v) is 3.30. The van der Waals surface area contributed by atoms with E-state index in [1.165, 1.54) is 16.8 Å². The normalized spacial score (nSPS) is 15.6. The molecule has 0 atom stereocenters. The van der Waals surface area contributed by atoms with Crippen molar-refractivity contribution in [1.29, 1.82) is 0 Å². The number of nitrogens with zero attached hydrogens (tertiary/aromatic N) is 3. The summed E-state index contributed by atoms with van der Waals surface area (Å²) in [7, 11) is 0. The van der Waals surface area contributed by atoms with Crippen LogP contribution in [0.1, 0.15) is 67.2 Å². The maximum absolute atomic E-state index is 13.0. The molecule has 0 unspecified atom stereocenters. The third-order valence-corrected chi connectivity index (χ3v) is 4.58. The molecule has 1 aromatic heterocycles. The number of nitrogens with one attached hydrogen (secondary N) is 1. The average Bonchev–Trinajstić information content (AvgIpc) is 3.23. The molecule has 3 rings (SSSR count). The molecule has 2 aromatic rings. The molecule has 1 N–H and O–H groups in total. The number of aromatic nitrogens is 3. The van der Waals surface area contributed by atoms with E-state index < -0.39 is 11.7 Å². The Kier molecular flexibility index (Phi) is 5.02. The van der Waals surface area contributed by atoms with Gasteiger partial charge in [-0.3, -0.25) is 4.79 Å². The maximum Gasteiger partial charge on any atom is 0.416 e. The average molecular weight is 366 g/mol. The van der Waals surface area contributed by atoms with Crippen molar-refractivity contribution in [3.63, 3.8) is 0 Å². The smallest absolute Gasteiger partial charge is 0.348 e. The molecule has 1 amide bonds. The SMILES string of the molecule is CC(C)c1c(C(=O)NC2CCCC2)nnn1-c1cccc(C(F)(F)F)c1. The number of carbonyl (C=O) groups is 1. The van der Waals surface area contributed by atoms with Crippen molar-refractivity contribution >= 4 is 5.91 Å². The van der Waals surface area contributed by atoms with Gasteiger partial charge in [-0.2, -0.15) is 13.2 Å². The standard InChI is InChI=1S/C18H21F3N4O/c1-11(2)16-15(17(26)22-13-7-3-4-8-13)23-24-25(16)14-9-5-6-12(10-14)18(19,20)21/h5-6,9-11,13H,3-4,7-8H2,1-2H3,(H,22,26). The minimum atomic E-state index is -4.45. The molecule has 1 aliphatic rings. The lowest BCUT2D eigenvalue weighted by molar-refractivity contribution is -0.137. The summed E-state index contributed by atoms with van der Waals surface area (Å²) in [6, 6.07) is 4.99. The van der Waals surface area contributed by atoms with Crippen LogP contribution in [0, 0.1) is 0 Å². The van der Waals surface area contributed by atoms with E-state index in [1.807, 2.05) is 13.8 Å². The first-order valence-electron chi connectivity index (χ1n) is 8.71. The second-order valence-corrected chi connectivity index (χ2v) is 6.89. The highest BCUT2D eigenvalue weighted by Crippen LogP contribution is 2.31. The zero-order valence-corrected chi connectivity index (χ0v) is 14.7. The molecular formula is C18H21F3N4O. The molecule has 1 saturated carbocycles. The van der Waals surface area contributed by atoms with Gasteiger partial charge in [0.2, 0.25) is 0 Å². The summed E-state index contributed by atoms with van der Waals surface area (Å²) in [5.41, 5.74) is 0.136. The maximum atomic E-state index is 13.0. The summed E-state index contributed by atoms with van der Waals surface area (Å²) in [5.74, 6) is -0.456. The largest absolute Gasteiger partial charge is 0.416 e. The second-order valence-electron chi connectivity index (χ2n) is 6.89. The molecule has 8 heteroatoms. The minimum absolute atomic E-state index is 0.126. The Morgan fingerprint density at radius 1 is 1.27 bits per heavy atom. The third-order valence-electron chi connectivity index (χ3n) is 4.58. The highest BCUT2D eigenvalue weighted by molar-refractivity contribution is 5.93. The first kappa shape index (κ1) is 18.4. The fraction of sp³-hybridized carbons (Fsp3) is 0.500. The van der Waals surface area contributed by atoms with Crippen molar-refractivity contribution < 1.29 is 18.0 Å². The van der Waals surface area contributed by atoms with E-state index in [0.717, 1.165) is 37.8 Å². The minimum Gasteiger partial charge on any atom is -0.348 e. The molecular weight excluding hydrogens is 345 g/mol. The second kappa shape index (κ2) is 7.09. The highest BCUT2D eigenvalue weighted by atomic mass is 19.4. The Bertz CT molecular complexity index is 792. The van der Waals surface area contributed by atoms with Gasteiger partial charge in [0, 0.05) is 6.04 Å². The van der Waals surface area contributed by atoms with Crippen LogP contribution in [-0.4, -0.2) is 26.9 Å². The van der Waals surface area contributed by atoms with Gasteiger partial charge in [-0.1, -0.05) is 38.0 Å². The van der Waals surface area contributed by atoms with Gasteiger partial charge in [-0.15, -0.1) is 5.10 Å². The van der Waals surface area contributed by atoms with Crippen LogP contribution in [0.4, 0.5) is 13.2 Å². The molecule has 0 bridgehead atoms. The number of rotatable bonds is 4. The Balaban J connectivity index is 1.96.